The zero-order valence-corrected chi connectivity index (χ0v) is 14.2. The molecule has 1 heterocycles. The van der Waals surface area contributed by atoms with Crippen LogP contribution in [0.4, 0.5) is 4.39 Å². The topological polar surface area (TPSA) is 26.3 Å². The first-order valence-electron chi connectivity index (χ1n) is 8.93. The Morgan fingerprint density at radius 1 is 0.923 bits per heavy atom. The van der Waals surface area contributed by atoms with E-state index in [4.69, 9.17) is 4.74 Å². The molecule has 3 heteroatoms. The second-order valence-electron chi connectivity index (χ2n) is 6.90. The van der Waals surface area contributed by atoms with Crippen molar-refractivity contribution in [2.75, 3.05) is 0 Å². The summed E-state index contributed by atoms with van der Waals surface area (Å²) < 4.78 is 19.7. The molecule has 0 radical (unpaired) electrons. The molecule has 0 saturated carbocycles. The Morgan fingerprint density at radius 3 is 2.58 bits per heavy atom. The number of fused-ring (bicyclic) bond motifs is 3. The standard InChI is InChI=1S/C23H17FO2/c24-16-11-8-15(9-12-16)21-22-17-5-2-1-4-14(17)10-13-20(22)26-19-7-3-6-18(25)23(19)21/h1-2,4-5,8-13,21H,3,6-7H2. The van der Waals surface area contributed by atoms with E-state index in [1.807, 2.05) is 24.3 Å². The van der Waals surface area contributed by atoms with Gasteiger partial charge in [0.15, 0.2) is 5.78 Å². The van der Waals surface area contributed by atoms with E-state index in [0.717, 1.165) is 51.8 Å². The summed E-state index contributed by atoms with van der Waals surface area (Å²) in [6, 6.07) is 18.6. The van der Waals surface area contributed by atoms with Gasteiger partial charge in [-0.1, -0.05) is 42.5 Å². The van der Waals surface area contributed by atoms with Crippen molar-refractivity contribution in [3.8, 4) is 5.75 Å². The monoisotopic (exact) mass is 344 g/mol. The Labute approximate surface area is 150 Å². The van der Waals surface area contributed by atoms with Crippen LogP contribution in [-0.4, -0.2) is 5.78 Å². The summed E-state index contributed by atoms with van der Waals surface area (Å²) >= 11 is 0. The van der Waals surface area contributed by atoms with Gasteiger partial charge in [-0.25, -0.2) is 4.39 Å². The number of halogens is 1. The lowest BCUT2D eigenvalue weighted by Gasteiger charge is -2.33. The fourth-order valence-electron chi connectivity index (χ4n) is 4.19. The molecule has 0 N–H and O–H groups in total. The average molecular weight is 344 g/mol. The van der Waals surface area contributed by atoms with Gasteiger partial charge in [0.2, 0.25) is 0 Å². The fourth-order valence-corrected chi connectivity index (χ4v) is 4.19. The van der Waals surface area contributed by atoms with Crippen molar-refractivity contribution in [1.82, 2.24) is 0 Å². The van der Waals surface area contributed by atoms with Crippen LogP contribution < -0.4 is 4.74 Å². The number of allylic oxidation sites excluding steroid dienone is 2. The lowest BCUT2D eigenvalue weighted by molar-refractivity contribution is -0.116. The van der Waals surface area contributed by atoms with E-state index in [-0.39, 0.29) is 17.5 Å². The zero-order valence-electron chi connectivity index (χ0n) is 14.2. The van der Waals surface area contributed by atoms with Gasteiger partial charge in [-0.3, -0.25) is 4.79 Å². The largest absolute Gasteiger partial charge is 0.461 e. The van der Waals surface area contributed by atoms with Gasteiger partial charge in [-0.2, -0.15) is 0 Å². The molecule has 2 aliphatic rings. The molecule has 0 aromatic heterocycles. The Morgan fingerprint density at radius 2 is 1.73 bits per heavy atom. The van der Waals surface area contributed by atoms with Gasteiger partial charge >= 0.3 is 0 Å². The summed E-state index contributed by atoms with van der Waals surface area (Å²) in [5.41, 5.74) is 2.67. The maximum absolute atomic E-state index is 13.5. The molecular formula is C23H17FO2. The Balaban J connectivity index is 1.83. The maximum atomic E-state index is 13.5. The molecule has 26 heavy (non-hydrogen) atoms. The fraction of sp³-hybridized carbons (Fsp3) is 0.174. The highest BCUT2D eigenvalue weighted by Gasteiger charge is 2.37. The van der Waals surface area contributed by atoms with E-state index in [1.165, 1.54) is 12.1 Å². The van der Waals surface area contributed by atoms with Crippen LogP contribution in [0.15, 0.2) is 72.0 Å². The quantitative estimate of drug-likeness (QED) is 0.582. The number of Topliss-reactive ketones (excluding diaryl/α,β-unsaturated/α-hetero) is 1. The van der Waals surface area contributed by atoms with Crippen LogP contribution in [0.2, 0.25) is 0 Å². The first-order valence-corrected chi connectivity index (χ1v) is 8.93. The van der Waals surface area contributed by atoms with E-state index >= 15 is 0 Å². The number of rotatable bonds is 1. The van der Waals surface area contributed by atoms with Crippen LogP contribution in [0.1, 0.15) is 36.3 Å². The molecule has 1 unspecified atom stereocenters. The highest BCUT2D eigenvalue weighted by molar-refractivity contribution is 6.01. The van der Waals surface area contributed by atoms with Crippen LogP contribution in [0.3, 0.4) is 0 Å². The summed E-state index contributed by atoms with van der Waals surface area (Å²) in [5, 5.41) is 2.18. The number of hydrogen-bond acceptors (Lipinski definition) is 2. The number of ether oxygens (including phenoxy) is 1. The Bertz CT molecular complexity index is 1060. The number of carbonyl (C=O) groups is 1. The summed E-state index contributed by atoms with van der Waals surface area (Å²) in [6.07, 6.45) is 2.13. The number of carbonyl (C=O) groups excluding carboxylic acids is 1. The minimum Gasteiger partial charge on any atom is -0.461 e. The van der Waals surface area contributed by atoms with Crippen LogP contribution in [0, 0.1) is 5.82 Å². The first kappa shape index (κ1) is 15.3. The summed E-state index contributed by atoms with van der Waals surface area (Å²) in [6.45, 7) is 0. The molecule has 0 saturated heterocycles. The molecule has 0 bridgehead atoms. The highest BCUT2D eigenvalue weighted by atomic mass is 19.1. The SMILES string of the molecule is O=C1CCCC2=C1C(c1ccc(F)cc1)c1c(ccc3ccccc13)O2. The van der Waals surface area contributed by atoms with Crippen LogP contribution in [-0.2, 0) is 4.79 Å². The first-order chi connectivity index (χ1) is 12.7. The number of benzene rings is 3. The maximum Gasteiger partial charge on any atom is 0.163 e. The van der Waals surface area contributed by atoms with Crippen molar-refractivity contribution in [1.29, 1.82) is 0 Å². The van der Waals surface area contributed by atoms with Crippen molar-refractivity contribution < 1.29 is 13.9 Å². The lowest BCUT2D eigenvalue weighted by atomic mass is 9.75. The Hall–Kier alpha value is -2.94. The average Bonchev–Trinajstić information content (AvgIpc) is 2.67. The third-order valence-corrected chi connectivity index (χ3v) is 5.35. The molecule has 2 nitrogen and oxygen atoms in total. The molecule has 128 valence electrons. The number of hydrogen-bond donors (Lipinski definition) is 0. The van der Waals surface area contributed by atoms with Crippen LogP contribution in [0.5, 0.6) is 5.75 Å². The summed E-state index contributed by atoms with van der Waals surface area (Å²) in [7, 11) is 0. The van der Waals surface area contributed by atoms with Gasteiger partial charge < -0.3 is 4.74 Å². The highest BCUT2D eigenvalue weighted by Crippen LogP contribution is 2.49. The minimum absolute atomic E-state index is 0.138. The van der Waals surface area contributed by atoms with Crippen molar-refractivity contribution in [3.05, 3.63) is 88.9 Å². The smallest absolute Gasteiger partial charge is 0.163 e. The summed E-state index contributed by atoms with van der Waals surface area (Å²) in [4.78, 5) is 12.8. The van der Waals surface area contributed by atoms with Crippen molar-refractivity contribution in [2.24, 2.45) is 0 Å². The van der Waals surface area contributed by atoms with E-state index in [0.29, 0.717) is 6.42 Å². The summed E-state index contributed by atoms with van der Waals surface area (Å²) in [5.74, 6) is 1.22. The molecular weight excluding hydrogens is 327 g/mol. The van der Waals surface area contributed by atoms with Crippen molar-refractivity contribution >= 4 is 16.6 Å². The van der Waals surface area contributed by atoms with Crippen molar-refractivity contribution in [3.63, 3.8) is 0 Å². The molecule has 5 rings (SSSR count). The Kier molecular flexibility index (Phi) is 3.42. The molecule has 3 aromatic carbocycles. The predicted octanol–water partition coefficient (Wildman–Crippen LogP) is 5.51. The van der Waals surface area contributed by atoms with Gasteiger partial charge in [0.05, 0.1) is 0 Å². The van der Waals surface area contributed by atoms with E-state index in [2.05, 4.69) is 12.1 Å². The van der Waals surface area contributed by atoms with Gasteiger partial charge in [0, 0.05) is 29.9 Å². The van der Waals surface area contributed by atoms with Gasteiger partial charge in [0.25, 0.3) is 0 Å². The zero-order chi connectivity index (χ0) is 17.7. The molecule has 1 aliphatic heterocycles. The molecule has 1 aliphatic carbocycles. The second-order valence-corrected chi connectivity index (χ2v) is 6.90. The molecule has 0 amide bonds. The molecule has 0 spiro atoms. The van der Waals surface area contributed by atoms with E-state index in [1.54, 1.807) is 12.1 Å². The number of ketones is 1. The van der Waals surface area contributed by atoms with Crippen molar-refractivity contribution in [2.45, 2.75) is 25.2 Å². The predicted molar refractivity (Wildman–Crippen MR) is 98.7 cm³/mol. The third kappa shape index (κ3) is 2.27. The lowest BCUT2D eigenvalue weighted by Crippen LogP contribution is -2.25. The van der Waals surface area contributed by atoms with Gasteiger partial charge in [-0.15, -0.1) is 0 Å². The van der Waals surface area contributed by atoms with Gasteiger partial charge in [-0.05, 0) is 41.0 Å². The molecule has 0 fully saturated rings. The normalized spacial score (nSPS) is 19.1. The van der Waals surface area contributed by atoms with Crippen LogP contribution >= 0.6 is 0 Å². The van der Waals surface area contributed by atoms with Crippen LogP contribution in [0.25, 0.3) is 10.8 Å². The van der Waals surface area contributed by atoms with E-state index < -0.39 is 0 Å². The third-order valence-electron chi connectivity index (χ3n) is 5.35. The minimum atomic E-state index is -0.275. The molecule has 1 atom stereocenters. The second kappa shape index (κ2) is 5.80. The van der Waals surface area contributed by atoms with Gasteiger partial charge in [0.1, 0.15) is 17.3 Å². The molecule has 3 aromatic rings. The van der Waals surface area contributed by atoms with E-state index in [9.17, 15) is 9.18 Å².